The second kappa shape index (κ2) is 9.96. The smallest absolute Gasteiger partial charge is 0.255 e. The van der Waals surface area contributed by atoms with Crippen molar-refractivity contribution in [3.63, 3.8) is 0 Å². The number of amides is 1. The number of anilines is 2. The fraction of sp³-hybridized carbons (Fsp3) is 0.440. The zero-order chi connectivity index (χ0) is 21.6. The highest BCUT2D eigenvalue weighted by molar-refractivity contribution is 6.04. The van der Waals surface area contributed by atoms with Gasteiger partial charge in [0.05, 0.1) is 12.6 Å². The van der Waals surface area contributed by atoms with Gasteiger partial charge in [0.1, 0.15) is 11.5 Å². The first-order valence-electron chi connectivity index (χ1n) is 11.2. The molecule has 0 radical (unpaired) electrons. The highest BCUT2D eigenvalue weighted by Gasteiger charge is 2.22. The van der Waals surface area contributed by atoms with Crippen LogP contribution in [0.25, 0.3) is 0 Å². The van der Waals surface area contributed by atoms with E-state index in [-0.39, 0.29) is 11.7 Å². The van der Waals surface area contributed by atoms with E-state index >= 15 is 0 Å². The first kappa shape index (κ1) is 21.4. The van der Waals surface area contributed by atoms with Crippen LogP contribution in [0.15, 0.2) is 48.5 Å². The van der Waals surface area contributed by atoms with Gasteiger partial charge in [0.25, 0.3) is 5.91 Å². The molecule has 1 saturated carbocycles. The van der Waals surface area contributed by atoms with E-state index in [1.165, 1.54) is 12.8 Å². The molecule has 2 fully saturated rings. The first-order chi connectivity index (χ1) is 15.1. The molecule has 6 nitrogen and oxygen atoms in total. The number of carbonyl (C=O) groups is 2. The molecule has 1 atom stereocenters. The predicted molar refractivity (Wildman–Crippen MR) is 123 cm³/mol. The minimum Gasteiger partial charge on any atom is -0.490 e. The summed E-state index contributed by atoms with van der Waals surface area (Å²) in [6, 6.07) is 15.6. The van der Waals surface area contributed by atoms with Gasteiger partial charge in [-0.25, -0.2) is 0 Å². The maximum absolute atomic E-state index is 12.6. The fourth-order valence-electron chi connectivity index (χ4n) is 4.29. The lowest BCUT2D eigenvalue weighted by Crippen LogP contribution is -2.35. The monoisotopic (exact) mass is 421 g/mol. The molecule has 0 spiro atoms. The number of nitrogens with zero attached hydrogens (tertiary/aromatic N) is 1. The van der Waals surface area contributed by atoms with Crippen LogP contribution in [0.2, 0.25) is 0 Å². The quantitative estimate of drug-likeness (QED) is 0.674. The largest absolute Gasteiger partial charge is 0.490 e. The summed E-state index contributed by atoms with van der Waals surface area (Å²) in [6.45, 7) is 3.87. The third-order valence-corrected chi connectivity index (χ3v) is 6.04. The molecule has 4 rings (SSSR count). The van der Waals surface area contributed by atoms with Gasteiger partial charge in [0, 0.05) is 36.1 Å². The second-order valence-electron chi connectivity index (χ2n) is 8.56. The van der Waals surface area contributed by atoms with Crippen molar-refractivity contribution >= 4 is 23.1 Å². The van der Waals surface area contributed by atoms with E-state index in [1.54, 1.807) is 6.92 Å². The zero-order valence-corrected chi connectivity index (χ0v) is 18.1. The SMILES string of the molecule is CC(=O)CNC1CCN(c2ccc(NC(=O)c3ccc(OC4CCCC4)cc3)cc2)C1. The van der Waals surface area contributed by atoms with Gasteiger partial charge in [-0.05, 0) is 87.6 Å². The molecule has 31 heavy (non-hydrogen) atoms. The van der Waals surface area contributed by atoms with Crippen LogP contribution in [0.4, 0.5) is 11.4 Å². The third-order valence-electron chi connectivity index (χ3n) is 6.04. The molecule has 2 N–H and O–H groups in total. The van der Waals surface area contributed by atoms with Crippen molar-refractivity contribution in [3.05, 3.63) is 54.1 Å². The molecule has 6 heteroatoms. The lowest BCUT2D eigenvalue weighted by molar-refractivity contribution is -0.116. The minimum absolute atomic E-state index is 0.130. The average molecular weight is 422 g/mol. The molecule has 1 amide bonds. The molecule has 1 aliphatic carbocycles. The Hall–Kier alpha value is -2.86. The van der Waals surface area contributed by atoms with Gasteiger partial charge in [-0.1, -0.05) is 0 Å². The maximum atomic E-state index is 12.6. The van der Waals surface area contributed by atoms with Gasteiger partial charge in [-0.2, -0.15) is 0 Å². The minimum atomic E-state index is -0.130. The summed E-state index contributed by atoms with van der Waals surface area (Å²) in [6.07, 6.45) is 6.04. The molecule has 1 heterocycles. The summed E-state index contributed by atoms with van der Waals surface area (Å²) < 4.78 is 5.97. The van der Waals surface area contributed by atoms with Gasteiger partial charge in [0.15, 0.2) is 0 Å². The molecule has 2 aromatic carbocycles. The predicted octanol–water partition coefficient (Wildman–Crippen LogP) is 4.02. The van der Waals surface area contributed by atoms with E-state index in [9.17, 15) is 9.59 Å². The molecule has 1 aliphatic heterocycles. The van der Waals surface area contributed by atoms with Crippen LogP contribution < -0.4 is 20.3 Å². The molecule has 0 aromatic heterocycles. The van der Waals surface area contributed by atoms with Gasteiger partial charge in [0.2, 0.25) is 0 Å². The number of hydrogen-bond acceptors (Lipinski definition) is 5. The van der Waals surface area contributed by atoms with Crippen molar-refractivity contribution in [1.29, 1.82) is 0 Å². The number of hydrogen-bond donors (Lipinski definition) is 2. The molecule has 164 valence electrons. The highest BCUT2D eigenvalue weighted by atomic mass is 16.5. The standard InChI is InChI=1S/C25H31N3O3/c1-18(29)16-26-21-14-15-28(17-21)22-10-8-20(9-11-22)27-25(30)19-6-12-24(13-7-19)31-23-4-2-3-5-23/h6-13,21,23,26H,2-5,14-17H2,1H3,(H,27,30). The molecule has 1 unspecified atom stereocenters. The molecule has 2 aromatic rings. The molecule has 2 aliphatic rings. The summed E-state index contributed by atoms with van der Waals surface area (Å²) in [4.78, 5) is 26.0. The van der Waals surface area contributed by atoms with Crippen LogP contribution in [0.3, 0.4) is 0 Å². The van der Waals surface area contributed by atoms with Crippen molar-refractivity contribution in [2.45, 2.75) is 51.2 Å². The van der Waals surface area contributed by atoms with Gasteiger partial charge in [-0.15, -0.1) is 0 Å². The number of rotatable bonds is 8. The van der Waals surface area contributed by atoms with Crippen LogP contribution in [0, 0.1) is 0 Å². The first-order valence-corrected chi connectivity index (χ1v) is 11.2. The van der Waals surface area contributed by atoms with Crippen molar-refractivity contribution in [1.82, 2.24) is 5.32 Å². The van der Waals surface area contributed by atoms with E-state index in [0.717, 1.165) is 49.5 Å². The van der Waals surface area contributed by atoms with Crippen LogP contribution in [-0.2, 0) is 4.79 Å². The normalized spacial score (nSPS) is 18.9. The van der Waals surface area contributed by atoms with E-state index in [2.05, 4.69) is 15.5 Å². The summed E-state index contributed by atoms with van der Waals surface area (Å²) >= 11 is 0. The number of ketones is 1. The van der Waals surface area contributed by atoms with Gasteiger partial charge < -0.3 is 20.3 Å². The van der Waals surface area contributed by atoms with E-state index in [0.29, 0.717) is 24.3 Å². The summed E-state index contributed by atoms with van der Waals surface area (Å²) in [5, 5.41) is 6.27. The highest BCUT2D eigenvalue weighted by Crippen LogP contribution is 2.25. The number of ether oxygens (including phenoxy) is 1. The zero-order valence-electron chi connectivity index (χ0n) is 18.1. The van der Waals surface area contributed by atoms with E-state index in [1.807, 2.05) is 48.5 Å². The maximum Gasteiger partial charge on any atom is 0.255 e. The Morgan fingerprint density at radius 2 is 1.71 bits per heavy atom. The van der Waals surface area contributed by atoms with Crippen LogP contribution in [0.5, 0.6) is 5.75 Å². The summed E-state index contributed by atoms with van der Waals surface area (Å²) in [5.41, 5.74) is 2.51. The van der Waals surface area contributed by atoms with Crippen molar-refractivity contribution in [3.8, 4) is 5.75 Å². The van der Waals surface area contributed by atoms with Crippen LogP contribution in [0.1, 0.15) is 49.4 Å². The molecule has 0 bridgehead atoms. The average Bonchev–Trinajstić information content (AvgIpc) is 3.45. The lowest BCUT2D eigenvalue weighted by Gasteiger charge is -2.19. The summed E-state index contributed by atoms with van der Waals surface area (Å²) in [5.74, 6) is 0.860. The van der Waals surface area contributed by atoms with Crippen LogP contribution >= 0.6 is 0 Å². The van der Waals surface area contributed by atoms with E-state index < -0.39 is 0 Å². The number of nitrogens with one attached hydrogen (secondary N) is 2. The Kier molecular flexibility index (Phi) is 6.87. The fourth-order valence-corrected chi connectivity index (χ4v) is 4.29. The third kappa shape index (κ3) is 5.85. The number of Topliss-reactive ketones (excluding diaryl/α,β-unsaturated/α-hetero) is 1. The van der Waals surface area contributed by atoms with Crippen LogP contribution in [-0.4, -0.2) is 43.5 Å². The van der Waals surface area contributed by atoms with Crippen molar-refractivity contribution in [2.75, 3.05) is 29.9 Å². The molecular formula is C25H31N3O3. The Morgan fingerprint density at radius 1 is 1.00 bits per heavy atom. The van der Waals surface area contributed by atoms with E-state index in [4.69, 9.17) is 4.74 Å². The van der Waals surface area contributed by atoms with Gasteiger partial charge >= 0.3 is 0 Å². The Balaban J connectivity index is 1.28. The Labute approximate surface area is 184 Å². The second-order valence-corrected chi connectivity index (χ2v) is 8.56. The lowest BCUT2D eigenvalue weighted by atomic mass is 10.2. The molecule has 1 saturated heterocycles. The summed E-state index contributed by atoms with van der Waals surface area (Å²) in [7, 11) is 0. The Bertz CT molecular complexity index is 889. The number of carbonyl (C=O) groups excluding carboxylic acids is 2. The topological polar surface area (TPSA) is 70.7 Å². The molecular weight excluding hydrogens is 390 g/mol. The van der Waals surface area contributed by atoms with Crippen molar-refractivity contribution in [2.24, 2.45) is 0 Å². The Morgan fingerprint density at radius 3 is 2.39 bits per heavy atom. The van der Waals surface area contributed by atoms with Crippen molar-refractivity contribution < 1.29 is 14.3 Å². The van der Waals surface area contributed by atoms with Gasteiger partial charge in [-0.3, -0.25) is 9.59 Å². The number of benzene rings is 2.